The number of carbonyl (C=O) groups is 1. The third kappa shape index (κ3) is 3.82. The molecule has 1 amide bonds. The Balaban J connectivity index is 1.67. The van der Waals surface area contributed by atoms with Crippen LogP contribution in [0.25, 0.3) is 5.65 Å². The van der Waals surface area contributed by atoms with E-state index in [4.69, 9.17) is 4.74 Å². The Morgan fingerprint density at radius 2 is 2.04 bits per heavy atom. The predicted octanol–water partition coefficient (Wildman–Crippen LogP) is 1.57. The maximum absolute atomic E-state index is 12.6. The van der Waals surface area contributed by atoms with Crippen LogP contribution in [-0.4, -0.2) is 63.3 Å². The van der Waals surface area contributed by atoms with Crippen molar-refractivity contribution in [1.29, 1.82) is 0 Å². The lowest BCUT2D eigenvalue weighted by Gasteiger charge is -2.38. The third-order valence-electron chi connectivity index (χ3n) is 4.65. The second-order valence-corrected chi connectivity index (χ2v) is 7.10. The van der Waals surface area contributed by atoms with Crippen LogP contribution in [0.3, 0.4) is 0 Å². The number of nitrogens with zero attached hydrogens (tertiary/aromatic N) is 4. The molecule has 0 aromatic carbocycles. The van der Waals surface area contributed by atoms with Crippen molar-refractivity contribution in [1.82, 2.24) is 24.8 Å². The lowest BCUT2D eigenvalue weighted by Crippen LogP contribution is -2.52. The molecule has 1 N–H and O–H groups in total. The summed E-state index contributed by atoms with van der Waals surface area (Å²) in [5.74, 6) is -0.131. The summed E-state index contributed by atoms with van der Waals surface area (Å²) in [5, 5.41) is 7.31. The van der Waals surface area contributed by atoms with Gasteiger partial charge in [-0.1, -0.05) is 0 Å². The molecule has 2 aromatic rings. The highest BCUT2D eigenvalue weighted by Gasteiger charge is 2.26. The fraction of sp³-hybridized carbons (Fsp3) is 0.611. The van der Waals surface area contributed by atoms with Gasteiger partial charge in [0.25, 0.3) is 5.91 Å². The summed E-state index contributed by atoms with van der Waals surface area (Å²) >= 11 is 0. The number of rotatable bonds is 4. The molecule has 1 fully saturated rings. The number of hydrogen-bond acceptors (Lipinski definition) is 5. The second-order valence-electron chi connectivity index (χ2n) is 7.10. The minimum absolute atomic E-state index is 0.131. The van der Waals surface area contributed by atoms with Gasteiger partial charge in [0.05, 0.1) is 18.4 Å². The summed E-state index contributed by atoms with van der Waals surface area (Å²) < 4.78 is 7.48. The van der Waals surface area contributed by atoms with Crippen LogP contribution in [-0.2, 0) is 4.74 Å². The summed E-state index contributed by atoms with van der Waals surface area (Å²) in [6.45, 7) is 12.5. The second kappa shape index (κ2) is 7.09. The number of hydrogen-bond donors (Lipinski definition) is 1. The van der Waals surface area contributed by atoms with Crippen molar-refractivity contribution in [3.63, 3.8) is 0 Å². The fourth-order valence-corrected chi connectivity index (χ4v) is 3.47. The molecule has 0 radical (unpaired) electrons. The van der Waals surface area contributed by atoms with Gasteiger partial charge in [0.1, 0.15) is 5.56 Å². The molecule has 3 rings (SSSR count). The van der Waals surface area contributed by atoms with Gasteiger partial charge in [-0.25, -0.2) is 9.50 Å². The first-order valence-electron chi connectivity index (χ1n) is 8.85. The van der Waals surface area contributed by atoms with Gasteiger partial charge in [0.2, 0.25) is 0 Å². The Labute approximate surface area is 148 Å². The average Bonchev–Trinajstić information content (AvgIpc) is 2.95. The van der Waals surface area contributed by atoms with E-state index in [2.05, 4.69) is 41.1 Å². The highest BCUT2D eigenvalue weighted by molar-refractivity contribution is 5.99. The first-order chi connectivity index (χ1) is 11.8. The number of morpholine rings is 1. The van der Waals surface area contributed by atoms with Crippen molar-refractivity contribution in [2.45, 2.75) is 52.9 Å². The van der Waals surface area contributed by atoms with Crippen molar-refractivity contribution in [3.05, 3.63) is 29.2 Å². The summed E-state index contributed by atoms with van der Waals surface area (Å²) in [5.41, 5.74) is 2.97. The van der Waals surface area contributed by atoms with Gasteiger partial charge in [-0.05, 0) is 40.7 Å². The number of fused-ring (bicyclic) bond motifs is 1. The Hall–Kier alpha value is -1.99. The van der Waals surface area contributed by atoms with Crippen LogP contribution in [0.1, 0.15) is 42.5 Å². The van der Waals surface area contributed by atoms with Crippen LogP contribution < -0.4 is 5.32 Å². The molecule has 0 spiro atoms. The van der Waals surface area contributed by atoms with Crippen LogP contribution in [0.5, 0.6) is 0 Å². The first-order valence-corrected chi connectivity index (χ1v) is 8.85. The predicted molar refractivity (Wildman–Crippen MR) is 95.8 cm³/mol. The molecule has 0 bridgehead atoms. The van der Waals surface area contributed by atoms with Crippen LogP contribution in [0.4, 0.5) is 0 Å². The van der Waals surface area contributed by atoms with Gasteiger partial charge in [-0.15, -0.1) is 0 Å². The number of amides is 1. The van der Waals surface area contributed by atoms with Gasteiger partial charge in [0.15, 0.2) is 5.65 Å². The summed E-state index contributed by atoms with van der Waals surface area (Å²) in [7, 11) is 0. The SMILES string of the molecule is Cc1cc(C)n2ncc(C(=O)NC[C@H](C)N3C[C@@H](C)O[C@@H](C)C3)c2n1. The van der Waals surface area contributed by atoms with E-state index >= 15 is 0 Å². The monoisotopic (exact) mass is 345 g/mol. The minimum Gasteiger partial charge on any atom is -0.373 e. The van der Waals surface area contributed by atoms with E-state index in [1.807, 2.05) is 19.9 Å². The average molecular weight is 345 g/mol. The number of carbonyl (C=O) groups excluding carboxylic acids is 1. The fourth-order valence-electron chi connectivity index (χ4n) is 3.47. The Morgan fingerprint density at radius 3 is 2.72 bits per heavy atom. The topological polar surface area (TPSA) is 71.8 Å². The lowest BCUT2D eigenvalue weighted by atomic mass is 10.1. The maximum atomic E-state index is 12.6. The van der Waals surface area contributed by atoms with Crippen LogP contribution >= 0.6 is 0 Å². The minimum atomic E-state index is -0.131. The van der Waals surface area contributed by atoms with Gasteiger partial charge >= 0.3 is 0 Å². The molecule has 3 heterocycles. The van der Waals surface area contributed by atoms with Gasteiger partial charge < -0.3 is 10.1 Å². The normalized spacial score (nSPS) is 22.9. The smallest absolute Gasteiger partial charge is 0.256 e. The zero-order chi connectivity index (χ0) is 18.1. The number of ether oxygens (including phenoxy) is 1. The molecule has 3 atom stereocenters. The van der Waals surface area contributed by atoms with Crippen molar-refractivity contribution < 1.29 is 9.53 Å². The number of aromatic nitrogens is 3. The molecular weight excluding hydrogens is 318 g/mol. The van der Waals surface area contributed by atoms with Crippen molar-refractivity contribution in [2.75, 3.05) is 19.6 Å². The molecule has 7 heteroatoms. The number of aryl methyl sites for hydroxylation is 2. The van der Waals surface area contributed by atoms with E-state index < -0.39 is 0 Å². The van der Waals surface area contributed by atoms with Crippen molar-refractivity contribution in [2.24, 2.45) is 0 Å². The molecule has 1 saturated heterocycles. The highest BCUT2D eigenvalue weighted by Crippen LogP contribution is 2.14. The van der Waals surface area contributed by atoms with Gasteiger partial charge in [0, 0.05) is 37.1 Å². The molecule has 7 nitrogen and oxygen atoms in total. The molecular formula is C18H27N5O2. The Kier molecular flexibility index (Phi) is 5.06. The molecule has 1 aliphatic heterocycles. The van der Waals surface area contributed by atoms with Crippen molar-refractivity contribution >= 4 is 11.6 Å². The Morgan fingerprint density at radius 1 is 1.36 bits per heavy atom. The van der Waals surface area contributed by atoms with Gasteiger partial charge in [-0.3, -0.25) is 9.69 Å². The lowest BCUT2D eigenvalue weighted by molar-refractivity contribution is -0.0778. The largest absolute Gasteiger partial charge is 0.373 e. The van der Waals surface area contributed by atoms with E-state index in [1.165, 1.54) is 0 Å². The van der Waals surface area contributed by atoms with E-state index in [0.717, 1.165) is 24.5 Å². The summed E-state index contributed by atoms with van der Waals surface area (Å²) in [4.78, 5) is 19.4. The first kappa shape index (κ1) is 17.8. The van der Waals surface area contributed by atoms with E-state index in [0.29, 0.717) is 17.8 Å². The van der Waals surface area contributed by atoms with Crippen LogP contribution in [0.2, 0.25) is 0 Å². The van der Waals surface area contributed by atoms with Crippen molar-refractivity contribution in [3.8, 4) is 0 Å². The van der Waals surface area contributed by atoms with Crippen LogP contribution in [0.15, 0.2) is 12.3 Å². The zero-order valence-electron chi connectivity index (χ0n) is 15.6. The molecule has 1 aliphatic rings. The maximum Gasteiger partial charge on any atom is 0.256 e. The van der Waals surface area contributed by atoms with Gasteiger partial charge in [-0.2, -0.15) is 5.10 Å². The summed E-state index contributed by atoms with van der Waals surface area (Å²) in [6.07, 6.45) is 2.03. The highest BCUT2D eigenvalue weighted by atomic mass is 16.5. The molecule has 0 unspecified atom stereocenters. The van der Waals surface area contributed by atoms with Crippen LogP contribution in [0, 0.1) is 13.8 Å². The standard InChI is InChI=1S/C18H27N5O2/c1-11-6-12(2)23-17(21-11)16(8-20-23)18(24)19-7-13(3)22-9-14(4)25-15(5)10-22/h6,8,13-15H,7,9-10H2,1-5H3,(H,19,24)/t13-,14-,15+/m0/s1. The molecule has 0 aliphatic carbocycles. The quantitative estimate of drug-likeness (QED) is 0.911. The zero-order valence-corrected chi connectivity index (χ0v) is 15.6. The van der Waals surface area contributed by atoms with E-state index in [1.54, 1.807) is 10.7 Å². The third-order valence-corrected chi connectivity index (χ3v) is 4.65. The Bertz CT molecular complexity index is 762. The molecule has 2 aromatic heterocycles. The number of nitrogens with one attached hydrogen (secondary N) is 1. The summed E-state index contributed by atoms with van der Waals surface area (Å²) in [6, 6.07) is 2.20. The molecule has 136 valence electrons. The molecule has 0 saturated carbocycles. The molecule has 25 heavy (non-hydrogen) atoms. The van der Waals surface area contributed by atoms with E-state index in [-0.39, 0.29) is 24.2 Å². The van der Waals surface area contributed by atoms with E-state index in [9.17, 15) is 4.79 Å².